The van der Waals surface area contributed by atoms with Crippen molar-refractivity contribution >= 4 is 22.4 Å². The third-order valence-corrected chi connectivity index (χ3v) is 3.49. The number of aryl methyl sites for hydroxylation is 1. The lowest BCUT2D eigenvalue weighted by molar-refractivity contribution is 0.317. The first kappa shape index (κ1) is 15.1. The van der Waals surface area contributed by atoms with Gasteiger partial charge in [-0.25, -0.2) is 0 Å². The maximum atomic E-state index is 8.71. The average Bonchev–Trinajstić information content (AvgIpc) is 2.46. The third-order valence-electron chi connectivity index (χ3n) is 3.49. The van der Waals surface area contributed by atoms with Crippen molar-refractivity contribution in [3.8, 4) is 0 Å². The van der Waals surface area contributed by atoms with Crippen molar-refractivity contribution in [2.24, 2.45) is 10.9 Å². The van der Waals surface area contributed by atoms with Gasteiger partial charge in [0.25, 0.3) is 0 Å². The molecule has 0 fully saturated rings. The van der Waals surface area contributed by atoms with Crippen LogP contribution in [0.25, 0.3) is 10.9 Å². The van der Waals surface area contributed by atoms with Crippen LogP contribution in [0.15, 0.2) is 35.5 Å². The number of aromatic nitrogens is 1. The summed E-state index contributed by atoms with van der Waals surface area (Å²) >= 11 is 0. The van der Waals surface area contributed by atoms with Gasteiger partial charge >= 0.3 is 0 Å². The molecule has 21 heavy (non-hydrogen) atoms. The van der Waals surface area contributed by atoms with E-state index in [1.807, 2.05) is 25.1 Å². The van der Waals surface area contributed by atoms with Crippen LogP contribution in [-0.4, -0.2) is 28.6 Å². The molecule has 1 aromatic heterocycles. The van der Waals surface area contributed by atoms with Gasteiger partial charge in [-0.2, -0.15) is 0 Å². The molecule has 0 aliphatic carbocycles. The first-order valence-electron chi connectivity index (χ1n) is 7.12. The minimum atomic E-state index is 0.246. The van der Waals surface area contributed by atoms with E-state index in [0.29, 0.717) is 19.0 Å². The summed E-state index contributed by atoms with van der Waals surface area (Å²) in [5, 5.41) is 12.9. The number of anilines is 1. The van der Waals surface area contributed by atoms with Gasteiger partial charge in [-0.3, -0.25) is 4.98 Å². The number of amidine groups is 1. The Morgan fingerprint density at radius 3 is 2.76 bits per heavy atom. The van der Waals surface area contributed by atoms with Crippen LogP contribution in [0.3, 0.4) is 0 Å². The zero-order valence-electron chi connectivity index (χ0n) is 12.7. The fourth-order valence-corrected chi connectivity index (χ4v) is 2.47. The molecule has 0 bridgehead atoms. The van der Waals surface area contributed by atoms with E-state index >= 15 is 0 Å². The number of nitrogens with two attached hydrogens (primary N) is 1. The van der Waals surface area contributed by atoms with Crippen LogP contribution in [0.5, 0.6) is 0 Å². The maximum absolute atomic E-state index is 8.71. The number of hydrogen-bond donors (Lipinski definition) is 2. The number of nitrogens with zero attached hydrogens (tertiary/aromatic N) is 3. The van der Waals surface area contributed by atoms with E-state index in [4.69, 9.17) is 10.9 Å². The molecule has 0 radical (unpaired) electrons. The molecule has 3 N–H and O–H groups in total. The van der Waals surface area contributed by atoms with E-state index in [-0.39, 0.29) is 5.84 Å². The van der Waals surface area contributed by atoms with Crippen LogP contribution in [0.2, 0.25) is 0 Å². The highest BCUT2D eigenvalue weighted by molar-refractivity contribution is 5.92. The Labute approximate surface area is 125 Å². The highest BCUT2D eigenvalue weighted by Crippen LogP contribution is 2.28. The molecule has 112 valence electrons. The van der Waals surface area contributed by atoms with Crippen LogP contribution < -0.4 is 10.6 Å². The van der Waals surface area contributed by atoms with E-state index in [0.717, 1.165) is 22.3 Å². The van der Waals surface area contributed by atoms with Crippen LogP contribution >= 0.6 is 0 Å². The van der Waals surface area contributed by atoms with E-state index in [9.17, 15) is 0 Å². The van der Waals surface area contributed by atoms with E-state index in [1.54, 1.807) is 0 Å². The van der Waals surface area contributed by atoms with E-state index in [2.05, 4.69) is 41.0 Å². The van der Waals surface area contributed by atoms with Crippen LogP contribution in [0.4, 0.5) is 5.69 Å². The normalized spacial score (nSPS) is 12.1. The van der Waals surface area contributed by atoms with Gasteiger partial charge in [0.2, 0.25) is 0 Å². The van der Waals surface area contributed by atoms with Crippen molar-refractivity contribution in [3.05, 3.63) is 36.0 Å². The van der Waals surface area contributed by atoms with Gasteiger partial charge in [0.1, 0.15) is 5.84 Å². The topological polar surface area (TPSA) is 74.7 Å². The van der Waals surface area contributed by atoms with Crippen molar-refractivity contribution in [1.82, 2.24) is 4.98 Å². The number of para-hydroxylation sites is 1. The van der Waals surface area contributed by atoms with E-state index in [1.165, 1.54) is 0 Å². The molecule has 5 nitrogen and oxygen atoms in total. The second-order valence-corrected chi connectivity index (χ2v) is 5.43. The van der Waals surface area contributed by atoms with Crippen molar-refractivity contribution < 1.29 is 5.21 Å². The molecule has 0 saturated heterocycles. The standard InChI is InChI=1S/C16H22N4O/c1-11(2)20(9-8-16(17)19-21)15-10-12(3)18-14-7-5-4-6-13(14)15/h4-7,10-11,21H,8-9H2,1-3H3,(H2,17,19). The number of pyridine rings is 1. The van der Waals surface area contributed by atoms with E-state index < -0.39 is 0 Å². The summed E-state index contributed by atoms with van der Waals surface area (Å²) in [5.41, 5.74) is 8.71. The summed E-state index contributed by atoms with van der Waals surface area (Å²) in [4.78, 5) is 6.83. The highest BCUT2D eigenvalue weighted by atomic mass is 16.4. The highest BCUT2D eigenvalue weighted by Gasteiger charge is 2.15. The Morgan fingerprint density at radius 2 is 2.10 bits per heavy atom. The fraction of sp³-hybridized carbons (Fsp3) is 0.375. The molecule has 0 aliphatic heterocycles. The quantitative estimate of drug-likeness (QED) is 0.383. The molecule has 0 aliphatic rings. The number of hydrogen-bond acceptors (Lipinski definition) is 4. The first-order chi connectivity index (χ1) is 10.0. The van der Waals surface area contributed by atoms with Crippen LogP contribution in [0, 0.1) is 6.92 Å². The molecule has 5 heteroatoms. The average molecular weight is 286 g/mol. The second-order valence-electron chi connectivity index (χ2n) is 5.43. The summed E-state index contributed by atoms with van der Waals surface area (Å²) in [6.45, 7) is 6.96. The zero-order valence-corrected chi connectivity index (χ0v) is 12.7. The van der Waals surface area contributed by atoms with Gasteiger partial charge in [-0.1, -0.05) is 23.4 Å². The molecule has 1 heterocycles. The minimum absolute atomic E-state index is 0.246. The van der Waals surface area contributed by atoms with Crippen LogP contribution in [0.1, 0.15) is 26.0 Å². The SMILES string of the molecule is Cc1cc(N(CCC(N)=NO)C(C)C)c2ccccc2n1. The van der Waals surface area contributed by atoms with Crippen molar-refractivity contribution in [1.29, 1.82) is 0 Å². The predicted octanol–water partition coefficient (Wildman–Crippen LogP) is 2.89. The number of benzene rings is 1. The Kier molecular flexibility index (Phi) is 4.62. The van der Waals surface area contributed by atoms with Gasteiger partial charge in [0, 0.05) is 35.8 Å². The molecule has 0 spiro atoms. The molecular formula is C16H22N4O. The molecule has 0 unspecified atom stereocenters. The van der Waals surface area contributed by atoms with Gasteiger partial charge in [-0.15, -0.1) is 0 Å². The lowest BCUT2D eigenvalue weighted by Gasteiger charge is -2.30. The Morgan fingerprint density at radius 1 is 1.38 bits per heavy atom. The molecule has 0 atom stereocenters. The zero-order chi connectivity index (χ0) is 15.4. The molecule has 0 amide bonds. The second kappa shape index (κ2) is 6.43. The summed E-state index contributed by atoms with van der Waals surface area (Å²) < 4.78 is 0. The summed E-state index contributed by atoms with van der Waals surface area (Å²) in [6, 6.07) is 10.5. The molecular weight excluding hydrogens is 264 g/mol. The van der Waals surface area contributed by atoms with Gasteiger partial charge in [0.15, 0.2) is 0 Å². The Bertz CT molecular complexity index is 652. The summed E-state index contributed by atoms with van der Waals surface area (Å²) in [7, 11) is 0. The Hall–Kier alpha value is -2.30. The molecule has 2 aromatic rings. The summed E-state index contributed by atoms with van der Waals surface area (Å²) in [6.07, 6.45) is 0.518. The third kappa shape index (κ3) is 3.42. The van der Waals surface area contributed by atoms with Crippen molar-refractivity contribution in [2.75, 3.05) is 11.4 Å². The smallest absolute Gasteiger partial charge is 0.140 e. The van der Waals surface area contributed by atoms with Gasteiger partial charge in [-0.05, 0) is 32.9 Å². The van der Waals surface area contributed by atoms with Crippen molar-refractivity contribution in [3.63, 3.8) is 0 Å². The maximum Gasteiger partial charge on any atom is 0.140 e. The number of rotatable bonds is 5. The lowest BCUT2D eigenvalue weighted by Crippen LogP contribution is -2.34. The first-order valence-corrected chi connectivity index (χ1v) is 7.12. The number of oxime groups is 1. The molecule has 1 aromatic carbocycles. The molecule has 0 saturated carbocycles. The van der Waals surface area contributed by atoms with Crippen molar-refractivity contribution in [2.45, 2.75) is 33.2 Å². The Balaban J connectivity index is 2.44. The van der Waals surface area contributed by atoms with Crippen LogP contribution in [-0.2, 0) is 0 Å². The molecule has 2 rings (SSSR count). The predicted molar refractivity (Wildman–Crippen MR) is 87.0 cm³/mol. The minimum Gasteiger partial charge on any atom is -0.409 e. The lowest BCUT2D eigenvalue weighted by atomic mass is 10.1. The monoisotopic (exact) mass is 286 g/mol. The largest absolute Gasteiger partial charge is 0.409 e. The summed E-state index contributed by atoms with van der Waals surface area (Å²) in [5.74, 6) is 0.246. The number of fused-ring (bicyclic) bond motifs is 1. The van der Waals surface area contributed by atoms with Gasteiger partial charge < -0.3 is 15.8 Å². The fourth-order valence-electron chi connectivity index (χ4n) is 2.47. The van der Waals surface area contributed by atoms with Gasteiger partial charge in [0.05, 0.1) is 5.52 Å².